The molecule has 11 nitrogen and oxygen atoms in total. The Labute approximate surface area is 253 Å². The third-order valence-corrected chi connectivity index (χ3v) is 8.79. The second kappa shape index (κ2) is 13.2. The molecule has 0 unspecified atom stereocenters. The molecule has 2 heterocycles. The number of hydrogen-bond acceptors (Lipinski definition) is 9. The number of halogens is 2. The Morgan fingerprint density at radius 3 is 2.14 bits per heavy atom. The van der Waals surface area contributed by atoms with Gasteiger partial charge in [-0.15, -0.1) is 0 Å². The number of aryl methyl sites for hydroxylation is 2. The van der Waals surface area contributed by atoms with Gasteiger partial charge < -0.3 is 9.47 Å². The summed E-state index contributed by atoms with van der Waals surface area (Å²) in [7, 11) is -7.96. The summed E-state index contributed by atoms with van der Waals surface area (Å²) >= 11 is 12.4. The third kappa shape index (κ3) is 8.14. The van der Waals surface area contributed by atoms with Crippen molar-refractivity contribution in [2.75, 3.05) is 13.2 Å². The molecule has 0 aliphatic carbocycles. The lowest BCUT2D eigenvalue weighted by atomic mass is 10.1. The summed E-state index contributed by atoms with van der Waals surface area (Å²) in [5.74, 6) is -1.31. The van der Waals surface area contributed by atoms with Crippen molar-refractivity contribution < 1.29 is 35.0 Å². The van der Waals surface area contributed by atoms with Crippen molar-refractivity contribution in [2.24, 2.45) is 0 Å². The van der Waals surface area contributed by atoms with Crippen LogP contribution in [0.4, 0.5) is 0 Å². The molecule has 0 radical (unpaired) electrons. The normalized spacial score (nSPS) is 18.8. The van der Waals surface area contributed by atoms with Crippen LogP contribution in [0.2, 0.25) is 10.0 Å². The molecule has 0 spiro atoms. The molecule has 5 rings (SSSR count). The Morgan fingerprint density at radius 2 is 1.60 bits per heavy atom. The zero-order valence-electron chi connectivity index (χ0n) is 22.4. The number of aromatic nitrogens is 3. The van der Waals surface area contributed by atoms with Gasteiger partial charge in [0.05, 0.1) is 28.0 Å². The highest BCUT2D eigenvalue weighted by Gasteiger charge is 2.46. The van der Waals surface area contributed by atoms with Crippen molar-refractivity contribution in [3.63, 3.8) is 0 Å². The molecule has 2 atom stereocenters. The Morgan fingerprint density at radius 1 is 0.976 bits per heavy atom. The van der Waals surface area contributed by atoms with E-state index in [1.165, 1.54) is 41.6 Å². The van der Waals surface area contributed by atoms with Crippen LogP contribution in [0.1, 0.15) is 16.7 Å². The fourth-order valence-corrected chi connectivity index (χ4v) is 5.90. The van der Waals surface area contributed by atoms with Crippen LogP contribution in [0, 0.1) is 13.8 Å². The molecule has 0 amide bonds. The maximum atomic E-state index is 12.5. The van der Waals surface area contributed by atoms with E-state index in [9.17, 15) is 16.8 Å². The van der Waals surface area contributed by atoms with Crippen molar-refractivity contribution in [3.8, 4) is 0 Å². The average Bonchev–Trinajstić information content (AvgIpc) is 3.59. The molecule has 1 aliphatic rings. The molecular formula is C27H27Cl2N3O8S2. The first kappa shape index (κ1) is 32.0. The summed E-state index contributed by atoms with van der Waals surface area (Å²) in [6.45, 7) is 3.73. The molecule has 224 valence electrons. The molecule has 1 aliphatic heterocycles. The van der Waals surface area contributed by atoms with Crippen molar-refractivity contribution in [3.05, 3.63) is 106 Å². The fraction of sp³-hybridized carbons (Fsp3) is 0.259. The standard InChI is InChI=1S/C20H19Cl2N3O5S.C7H8O3S/c1-14-2-5-17(6-3-14)31(26,27)29-10-16-9-28-20(30-16,11-25-13-23-12-24-25)18-7-4-15(21)8-19(18)22;1-6-2-4-7(5-3-6)11(8,9)10/h2-8,12-13,16H,9-11H2,1H3;2-5H,1H3,(H,8,9,10)/t16-,20+;/m1./s1. The van der Waals surface area contributed by atoms with E-state index in [2.05, 4.69) is 10.1 Å². The molecule has 1 fully saturated rings. The highest BCUT2D eigenvalue weighted by atomic mass is 35.5. The number of benzene rings is 3. The molecule has 0 bridgehead atoms. The number of hydrogen-bond donors (Lipinski definition) is 1. The Bertz CT molecular complexity index is 1720. The van der Waals surface area contributed by atoms with E-state index in [0.717, 1.165) is 11.1 Å². The van der Waals surface area contributed by atoms with Gasteiger partial charge >= 0.3 is 0 Å². The Balaban J connectivity index is 0.000000310. The quantitative estimate of drug-likeness (QED) is 0.207. The van der Waals surface area contributed by atoms with Crippen LogP contribution in [0.3, 0.4) is 0 Å². The van der Waals surface area contributed by atoms with Crippen LogP contribution >= 0.6 is 23.2 Å². The van der Waals surface area contributed by atoms with Gasteiger partial charge in [-0.05, 0) is 50.2 Å². The van der Waals surface area contributed by atoms with Crippen molar-refractivity contribution in [1.82, 2.24) is 14.8 Å². The lowest BCUT2D eigenvalue weighted by Crippen LogP contribution is -2.35. The maximum Gasteiger partial charge on any atom is 0.297 e. The van der Waals surface area contributed by atoms with E-state index in [4.69, 9.17) is 41.4 Å². The summed E-state index contributed by atoms with van der Waals surface area (Å²) in [6, 6.07) is 17.4. The van der Waals surface area contributed by atoms with Gasteiger partial charge in [-0.2, -0.15) is 21.9 Å². The first-order chi connectivity index (χ1) is 19.8. The van der Waals surface area contributed by atoms with Crippen LogP contribution in [-0.2, 0) is 46.2 Å². The van der Waals surface area contributed by atoms with Gasteiger partial charge in [-0.1, -0.05) is 64.7 Å². The molecule has 1 N–H and O–H groups in total. The fourth-order valence-electron chi connectivity index (χ4n) is 3.93. The summed E-state index contributed by atoms with van der Waals surface area (Å²) in [5, 5.41) is 4.92. The van der Waals surface area contributed by atoms with Gasteiger partial charge in [0.15, 0.2) is 0 Å². The summed E-state index contributed by atoms with van der Waals surface area (Å²) in [4.78, 5) is 3.94. The van der Waals surface area contributed by atoms with Gasteiger partial charge in [0.2, 0.25) is 5.79 Å². The predicted octanol–water partition coefficient (Wildman–Crippen LogP) is 4.81. The largest absolute Gasteiger partial charge is 0.342 e. The molecule has 1 aromatic heterocycles. The Hall–Kier alpha value is -2.88. The summed E-state index contributed by atoms with van der Waals surface area (Å²) in [5.41, 5.74) is 2.44. The lowest BCUT2D eigenvalue weighted by molar-refractivity contribution is -0.190. The topological polar surface area (TPSA) is 147 Å². The minimum atomic E-state index is -4.02. The van der Waals surface area contributed by atoms with Crippen molar-refractivity contribution in [2.45, 2.75) is 42.1 Å². The van der Waals surface area contributed by atoms with Gasteiger partial charge in [0.1, 0.15) is 25.3 Å². The predicted molar refractivity (Wildman–Crippen MR) is 154 cm³/mol. The highest BCUT2D eigenvalue weighted by Crippen LogP contribution is 2.40. The van der Waals surface area contributed by atoms with Crippen molar-refractivity contribution >= 4 is 43.4 Å². The molecule has 42 heavy (non-hydrogen) atoms. The number of nitrogens with zero attached hydrogens (tertiary/aromatic N) is 3. The van der Waals surface area contributed by atoms with E-state index in [-0.39, 0.29) is 29.5 Å². The van der Waals surface area contributed by atoms with E-state index >= 15 is 0 Å². The van der Waals surface area contributed by atoms with E-state index < -0.39 is 32.1 Å². The highest BCUT2D eigenvalue weighted by molar-refractivity contribution is 7.86. The molecule has 4 aromatic rings. The molecule has 0 saturated carbocycles. The van der Waals surface area contributed by atoms with Gasteiger partial charge in [-0.25, -0.2) is 9.67 Å². The van der Waals surface area contributed by atoms with Gasteiger partial charge in [-0.3, -0.25) is 8.74 Å². The van der Waals surface area contributed by atoms with Crippen LogP contribution < -0.4 is 0 Å². The van der Waals surface area contributed by atoms with E-state index in [0.29, 0.717) is 15.6 Å². The Kier molecular flexibility index (Phi) is 10.1. The first-order valence-corrected chi connectivity index (χ1v) is 16.0. The molecule has 3 aromatic carbocycles. The maximum absolute atomic E-state index is 12.5. The number of ether oxygens (including phenoxy) is 2. The molecular weight excluding hydrogens is 629 g/mol. The number of rotatable bonds is 8. The van der Waals surface area contributed by atoms with E-state index in [1.807, 2.05) is 13.8 Å². The van der Waals surface area contributed by atoms with Gasteiger partial charge in [0.25, 0.3) is 20.2 Å². The second-order valence-corrected chi connectivity index (χ2v) is 13.2. The van der Waals surface area contributed by atoms with Crippen molar-refractivity contribution in [1.29, 1.82) is 0 Å². The summed E-state index contributed by atoms with van der Waals surface area (Å²) in [6.07, 6.45) is 2.25. The van der Waals surface area contributed by atoms with E-state index in [1.54, 1.807) is 42.5 Å². The molecule has 15 heteroatoms. The molecule has 1 saturated heterocycles. The second-order valence-electron chi connectivity index (χ2n) is 9.36. The zero-order valence-corrected chi connectivity index (χ0v) is 25.6. The average molecular weight is 657 g/mol. The van der Waals surface area contributed by atoms with Gasteiger partial charge in [0, 0.05) is 10.6 Å². The van der Waals surface area contributed by atoms with Crippen LogP contribution in [0.15, 0.2) is 89.2 Å². The third-order valence-electron chi connectivity index (χ3n) is 6.08. The minimum absolute atomic E-state index is 0.0666. The van der Waals surface area contributed by atoms with Crippen LogP contribution in [0.25, 0.3) is 0 Å². The SMILES string of the molecule is Cc1ccc(S(=O)(=O)O)cc1.Cc1ccc(S(=O)(=O)OC[C@H]2CO[C@](Cn3cncn3)(c3ccc(Cl)cc3Cl)O2)cc1. The van der Waals surface area contributed by atoms with Crippen LogP contribution in [-0.4, -0.2) is 55.5 Å². The van der Waals surface area contributed by atoms with Crippen LogP contribution in [0.5, 0.6) is 0 Å². The smallest absolute Gasteiger partial charge is 0.297 e. The monoisotopic (exact) mass is 655 g/mol. The first-order valence-electron chi connectivity index (χ1n) is 12.4. The lowest BCUT2D eigenvalue weighted by Gasteiger charge is -2.29. The zero-order chi connectivity index (χ0) is 30.5. The minimum Gasteiger partial charge on any atom is -0.342 e. The summed E-state index contributed by atoms with van der Waals surface area (Å²) < 4.78 is 73.5.